The fraction of sp³-hybridized carbons (Fsp3) is 0.821. The zero-order valence-corrected chi connectivity index (χ0v) is 23.5. The first kappa shape index (κ1) is 29.2. The van der Waals surface area contributed by atoms with Crippen LogP contribution < -0.4 is 0 Å². The molecule has 0 bridgehead atoms. The first-order chi connectivity index (χ1) is 16.8. The van der Waals surface area contributed by atoms with Gasteiger partial charge in [0.05, 0.1) is 4.91 Å². The van der Waals surface area contributed by atoms with Crippen LogP contribution in [0, 0.1) is 35.5 Å². The summed E-state index contributed by atoms with van der Waals surface area (Å²) >= 11 is 0. The summed E-state index contributed by atoms with van der Waals surface area (Å²) in [6, 6.07) is 0. The Morgan fingerprint density at radius 2 is 1.72 bits per heavy atom. The van der Waals surface area contributed by atoms with Gasteiger partial charge in [-0.15, -0.1) is 0 Å². The summed E-state index contributed by atoms with van der Waals surface area (Å²) in [5, 5.41) is 8.97. The molecule has 1 aliphatic heterocycles. The van der Waals surface area contributed by atoms with Crippen LogP contribution in [-0.2, 0) is 14.6 Å². The second-order valence-corrected chi connectivity index (χ2v) is 14.3. The van der Waals surface area contributed by atoms with E-state index in [4.69, 9.17) is 9.84 Å². The molecular formula is C28H46FNO5S. The monoisotopic (exact) mass is 527 g/mol. The van der Waals surface area contributed by atoms with E-state index in [1.807, 2.05) is 20.8 Å². The SMILES string of the molecule is CC(C)(C)OC(=O)N1CCC(CO)CC1.CCC1CCC(C2CC3C=C(S(C)(=O)=O)C=C(F)C32)CC1. The van der Waals surface area contributed by atoms with E-state index in [-0.39, 0.29) is 35.3 Å². The molecule has 3 atom stereocenters. The van der Waals surface area contributed by atoms with Crippen molar-refractivity contribution in [1.82, 2.24) is 4.90 Å². The molecule has 36 heavy (non-hydrogen) atoms. The molecule has 1 amide bonds. The Hall–Kier alpha value is -1.41. The topological polar surface area (TPSA) is 83.9 Å². The van der Waals surface area contributed by atoms with Gasteiger partial charge in [0.2, 0.25) is 0 Å². The normalized spacial score (nSPS) is 31.2. The van der Waals surface area contributed by atoms with Crippen molar-refractivity contribution in [3.8, 4) is 0 Å². The summed E-state index contributed by atoms with van der Waals surface area (Å²) in [5.74, 6) is 2.15. The average molecular weight is 528 g/mol. The van der Waals surface area contributed by atoms with Crippen molar-refractivity contribution >= 4 is 15.9 Å². The Labute approximate surface area is 217 Å². The standard InChI is InChI=1S/C17H25FO2S.C11H21NO3/c1-3-11-4-6-12(7-5-11)15-9-13-8-14(21(2,19)20)10-16(18)17(13)15;1-11(2,3)15-10(14)12-6-4-9(8-13)5-7-12/h8,10-13,15,17H,3-7,9H2,1-2H3;9,13H,4-8H2,1-3H3. The number of allylic oxidation sites excluding steroid dienone is 3. The van der Waals surface area contributed by atoms with Crippen molar-refractivity contribution in [2.24, 2.45) is 35.5 Å². The first-order valence-electron chi connectivity index (χ1n) is 13.7. The van der Waals surface area contributed by atoms with Crippen LogP contribution in [0.5, 0.6) is 0 Å². The Bertz CT molecular complexity index is 922. The molecule has 4 rings (SSSR count). The van der Waals surface area contributed by atoms with E-state index in [9.17, 15) is 17.6 Å². The number of hydrogen-bond donors (Lipinski definition) is 1. The van der Waals surface area contributed by atoms with E-state index in [1.54, 1.807) is 11.0 Å². The lowest BCUT2D eigenvalue weighted by molar-refractivity contribution is 0.0159. The highest BCUT2D eigenvalue weighted by molar-refractivity contribution is 7.94. The molecule has 1 N–H and O–H groups in total. The van der Waals surface area contributed by atoms with Crippen LogP contribution in [0.25, 0.3) is 0 Å². The van der Waals surface area contributed by atoms with Crippen LogP contribution in [0.15, 0.2) is 22.9 Å². The highest BCUT2D eigenvalue weighted by atomic mass is 32.2. The van der Waals surface area contributed by atoms with E-state index >= 15 is 0 Å². The fourth-order valence-corrected chi connectivity index (χ4v) is 6.92. The van der Waals surface area contributed by atoms with Gasteiger partial charge in [-0.2, -0.15) is 0 Å². The van der Waals surface area contributed by atoms with Gasteiger partial charge in [-0.3, -0.25) is 0 Å². The number of rotatable bonds is 4. The van der Waals surface area contributed by atoms with Gasteiger partial charge in [0.15, 0.2) is 9.84 Å². The lowest BCUT2D eigenvalue weighted by Gasteiger charge is -2.50. The van der Waals surface area contributed by atoms with Gasteiger partial charge < -0.3 is 14.7 Å². The number of amides is 1. The van der Waals surface area contributed by atoms with Crippen LogP contribution in [0.2, 0.25) is 0 Å². The van der Waals surface area contributed by atoms with Crippen molar-refractivity contribution in [3.63, 3.8) is 0 Å². The van der Waals surface area contributed by atoms with E-state index in [2.05, 4.69) is 6.92 Å². The third-order valence-electron chi connectivity index (χ3n) is 8.47. The highest BCUT2D eigenvalue weighted by Gasteiger charge is 2.48. The first-order valence-corrected chi connectivity index (χ1v) is 15.6. The van der Waals surface area contributed by atoms with Gasteiger partial charge in [-0.1, -0.05) is 32.3 Å². The average Bonchev–Trinajstić information content (AvgIpc) is 2.79. The molecule has 2 saturated carbocycles. The number of piperidine rings is 1. The lowest BCUT2D eigenvalue weighted by Crippen LogP contribution is -2.43. The number of aliphatic hydroxyl groups excluding tert-OH is 1. The van der Waals surface area contributed by atoms with Gasteiger partial charge in [0.25, 0.3) is 0 Å². The molecule has 0 radical (unpaired) electrons. The molecule has 4 aliphatic rings. The zero-order valence-electron chi connectivity index (χ0n) is 22.7. The fourth-order valence-electron chi connectivity index (χ4n) is 6.17. The maximum Gasteiger partial charge on any atom is 0.410 e. The van der Waals surface area contributed by atoms with Crippen LogP contribution in [0.3, 0.4) is 0 Å². The van der Waals surface area contributed by atoms with Gasteiger partial charge in [0, 0.05) is 31.9 Å². The molecule has 0 aromatic rings. The Morgan fingerprint density at radius 1 is 1.11 bits per heavy atom. The maximum absolute atomic E-state index is 14.4. The number of sulfone groups is 1. The zero-order chi connectivity index (χ0) is 26.7. The number of fused-ring (bicyclic) bond motifs is 1. The predicted octanol–water partition coefficient (Wildman–Crippen LogP) is 5.88. The lowest BCUT2D eigenvalue weighted by atomic mass is 9.55. The molecule has 3 aliphatic carbocycles. The number of hydrogen-bond acceptors (Lipinski definition) is 5. The number of likely N-dealkylation sites (tertiary alicyclic amines) is 1. The van der Waals surface area contributed by atoms with Crippen molar-refractivity contribution in [3.05, 3.63) is 22.9 Å². The number of halogens is 1. The number of nitrogens with zero attached hydrogens (tertiary/aromatic N) is 1. The van der Waals surface area contributed by atoms with Gasteiger partial charge >= 0.3 is 6.09 Å². The summed E-state index contributed by atoms with van der Waals surface area (Å²) in [6.45, 7) is 9.47. The maximum atomic E-state index is 14.4. The Kier molecular flexibility index (Phi) is 9.69. The number of carbonyl (C=O) groups is 1. The number of ether oxygens (including phenoxy) is 1. The molecule has 0 spiro atoms. The van der Waals surface area contributed by atoms with E-state index in [1.165, 1.54) is 38.2 Å². The van der Waals surface area contributed by atoms with Gasteiger partial charge in [0.1, 0.15) is 11.4 Å². The van der Waals surface area contributed by atoms with Crippen molar-refractivity contribution in [2.75, 3.05) is 26.0 Å². The predicted molar refractivity (Wildman–Crippen MR) is 141 cm³/mol. The third-order valence-corrected chi connectivity index (χ3v) is 9.58. The molecule has 0 aromatic heterocycles. The van der Waals surface area contributed by atoms with Gasteiger partial charge in [-0.05, 0) is 88.5 Å². The molecule has 1 saturated heterocycles. The van der Waals surface area contributed by atoms with E-state index < -0.39 is 15.4 Å². The summed E-state index contributed by atoms with van der Waals surface area (Å²) in [5.41, 5.74) is -0.426. The van der Waals surface area contributed by atoms with Crippen molar-refractivity contribution in [2.45, 2.75) is 84.7 Å². The van der Waals surface area contributed by atoms with Crippen LogP contribution in [-0.4, -0.2) is 56.1 Å². The minimum absolute atomic E-state index is 0.0429. The van der Waals surface area contributed by atoms with Gasteiger partial charge in [-0.25, -0.2) is 17.6 Å². The molecular weight excluding hydrogens is 481 g/mol. The molecule has 206 valence electrons. The molecule has 1 heterocycles. The quantitative estimate of drug-likeness (QED) is 0.494. The molecule has 3 unspecified atom stereocenters. The smallest absolute Gasteiger partial charge is 0.410 e. The molecule has 6 nitrogen and oxygen atoms in total. The molecule has 8 heteroatoms. The van der Waals surface area contributed by atoms with Crippen molar-refractivity contribution in [1.29, 1.82) is 0 Å². The number of carbonyl (C=O) groups excluding carboxylic acids is 1. The summed E-state index contributed by atoms with van der Waals surface area (Å²) in [7, 11) is -3.29. The Morgan fingerprint density at radius 3 is 2.19 bits per heavy atom. The van der Waals surface area contributed by atoms with Crippen LogP contribution >= 0.6 is 0 Å². The summed E-state index contributed by atoms with van der Waals surface area (Å²) in [4.78, 5) is 13.5. The largest absolute Gasteiger partial charge is 0.444 e. The molecule has 0 aromatic carbocycles. The number of aliphatic hydroxyl groups is 1. The highest BCUT2D eigenvalue weighted by Crippen LogP contribution is 2.55. The Balaban J connectivity index is 0.000000214. The second kappa shape index (κ2) is 12.0. The minimum atomic E-state index is -3.29. The third kappa shape index (κ3) is 7.56. The molecule has 3 fully saturated rings. The van der Waals surface area contributed by atoms with Crippen molar-refractivity contribution < 1.29 is 27.4 Å². The summed E-state index contributed by atoms with van der Waals surface area (Å²) in [6.07, 6.45) is 13.0. The van der Waals surface area contributed by atoms with E-state index in [0.717, 1.165) is 31.4 Å². The van der Waals surface area contributed by atoms with Crippen LogP contribution in [0.1, 0.15) is 79.1 Å². The second-order valence-electron chi connectivity index (χ2n) is 12.2. The van der Waals surface area contributed by atoms with E-state index in [0.29, 0.717) is 30.8 Å². The minimum Gasteiger partial charge on any atom is -0.444 e. The van der Waals surface area contributed by atoms with Crippen LogP contribution in [0.4, 0.5) is 9.18 Å². The summed E-state index contributed by atoms with van der Waals surface area (Å²) < 4.78 is 42.8.